The summed E-state index contributed by atoms with van der Waals surface area (Å²) >= 11 is 0. The number of nitrogens with one attached hydrogen (secondary N) is 1. The number of amides is 1. The Kier molecular flexibility index (Phi) is 3.86. The molecule has 19 heavy (non-hydrogen) atoms. The first kappa shape index (κ1) is 15.4. The van der Waals surface area contributed by atoms with Gasteiger partial charge in [-0.1, -0.05) is 0 Å². The molecular formula is C8H10N2O7S2. The first-order chi connectivity index (χ1) is 8.43. The van der Waals surface area contributed by atoms with Crippen molar-refractivity contribution in [1.29, 1.82) is 0 Å². The van der Waals surface area contributed by atoms with Crippen LogP contribution in [0.25, 0.3) is 0 Å². The third-order valence-corrected chi connectivity index (χ3v) is 3.78. The van der Waals surface area contributed by atoms with Crippen LogP contribution in [0.15, 0.2) is 21.9 Å². The van der Waals surface area contributed by atoms with E-state index in [1.165, 1.54) is 0 Å². The SMILES string of the molecule is CC(=O)Nc1cc(N)c(S(=O)(=O)O)cc1S(=O)(=O)O. The average molecular weight is 310 g/mol. The summed E-state index contributed by atoms with van der Waals surface area (Å²) in [6.45, 7) is 1.07. The lowest BCUT2D eigenvalue weighted by atomic mass is 10.3. The largest absolute Gasteiger partial charge is 0.398 e. The van der Waals surface area contributed by atoms with Crippen LogP contribution in [0.5, 0.6) is 0 Å². The lowest BCUT2D eigenvalue weighted by Gasteiger charge is -2.11. The van der Waals surface area contributed by atoms with Crippen LogP contribution in [0.3, 0.4) is 0 Å². The smallest absolute Gasteiger partial charge is 0.296 e. The van der Waals surface area contributed by atoms with Gasteiger partial charge in [-0.25, -0.2) is 0 Å². The molecular weight excluding hydrogens is 300 g/mol. The van der Waals surface area contributed by atoms with Crippen molar-refractivity contribution in [2.75, 3.05) is 11.1 Å². The highest BCUT2D eigenvalue weighted by molar-refractivity contribution is 7.86. The standard InChI is InChI=1S/C8H10N2O7S2/c1-4(11)10-6-2-5(9)7(18(12,13)14)3-8(6)19(15,16)17/h2-3H,9H2,1H3,(H,10,11)(H,12,13,14)(H,15,16,17). The van der Waals surface area contributed by atoms with Gasteiger partial charge in [0.1, 0.15) is 9.79 Å². The molecule has 0 heterocycles. The van der Waals surface area contributed by atoms with Crippen molar-refractivity contribution >= 4 is 37.5 Å². The van der Waals surface area contributed by atoms with Gasteiger partial charge in [0.25, 0.3) is 20.2 Å². The summed E-state index contributed by atoms with van der Waals surface area (Å²) in [6, 6.07) is 1.25. The van der Waals surface area contributed by atoms with Crippen LogP contribution in [0.4, 0.5) is 11.4 Å². The third kappa shape index (κ3) is 3.64. The van der Waals surface area contributed by atoms with Crippen LogP contribution >= 0.6 is 0 Å². The molecule has 106 valence electrons. The predicted molar refractivity (Wildman–Crippen MR) is 64.8 cm³/mol. The molecule has 0 aliphatic carbocycles. The summed E-state index contributed by atoms with van der Waals surface area (Å²) in [5.74, 6) is -0.663. The van der Waals surface area contributed by atoms with E-state index in [0.29, 0.717) is 6.07 Å². The number of rotatable bonds is 3. The van der Waals surface area contributed by atoms with E-state index in [0.717, 1.165) is 13.0 Å². The fourth-order valence-electron chi connectivity index (χ4n) is 1.30. The van der Waals surface area contributed by atoms with E-state index in [1.54, 1.807) is 0 Å². The lowest BCUT2D eigenvalue weighted by molar-refractivity contribution is -0.114. The second-order valence-electron chi connectivity index (χ2n) is 3.52. The van der Waals surface area contributed by atoms with Crippen molar-refractivity contribution in [3.8, 4) is 0 Å². The number of carbonyl (C=O) groups excluding carboxylic acids is 1. The zero-order chi connectivity index (χ0) is 15.0. The minimum atomic E-state index is -4.82. The molecule has 0 atom stereocenters. The van der Waals surface area contributed by atoms with E-state index in [-0.39, 0.29) is 0 Å². The highest BCUT2D eigenvalue weighted by Gasteiger charge is 2.23. The highest BCUT2D eigenvalue weighted by atomic mass is 32.2. The molecule has 1 aromatic carbocycles. The lowest BCUT2D eigenvalue weighted by Crippen LogP contribution is -2.13. The number of hydrogen-bond acceptors (Lipinski definition) is 6. The summed E-state index contributed by atoms with van der Waals surface area (Å²) in [4.78, 5) is 9.10. The molecule has 0 saturated heterocycles. The van der Waals surface area contributed by atoms with Gasteiger partial charge >= 0.3 is 0 Å². The van der Waals surface area contributed by atoms with Crippen LogP contribution in [-0.2, 0) is 25.0 Å². The Morgan fingerprint density at radius 2 is 1.58 bits per heavy atom. The number of benzene rings is 1. The fourth-order valence-corrected chi connectivity index (χ4v) is 2.65. The van der Waals surface area contributed by atoms with Crippen LogP contribution in [0.1, 0.15) is 6.92 Å². The topological polar surface area (TPSA) is 164 Å². The van der Waals surface area contributed by atoms with Gasteiger partial charge in [-0.2, -0.15) is 16.8 Å². The molecule has 0 aliphatic heterocycles. The Balaban J connectivity index is 3.70. The fraction of sp³-hybridized carbons (Fsp3) is 0.125. The van der Waals surface area contributed by atoms with Crippen molar-refractivity contribution in [2.45, 2.75) is 16.7 Å². The Bertz CT molecular complexity index is 737. The summed E-state index contributed by atoms with van der Waals surface area (Å²) < 4.78 is 62.0. The first-order valence-electron chi connectivity index (χ1n) is 4.59. The third-order valence-electron chi connectivity index (χ3n) is 1.98. The Labute approximate surface area is 108 Å². The minimum absolute atomic E-state index is 0.403. The molecule has 0 bridgehead atoms. The minimum Gasteiger partial charge on any atom is -0.398 e. The van der Waals surface area contributed by atoms with Crippen molar-refractivity contribution in [1.82, 2.24) is 0 Å². The van der Waals surface area contributed by atoms with E-state index in [1.807, 2.05) is 0 Å². The van der Waals surface area contributed by atoms with Gasteiger partial charge in [-0.3, -0.25) is 13.9 Å². The Morgan fingerprint density at radius 3 is 1.95 bits per heavy atom. The summed E-state index contributed by atoms with van der Waals surface area (Å²) in [5, 5.41) is 2.06. The monoisotopic (exact) mass is 310 g/mol. The molecule has 1 aromatic rings. The summed E-state index contributed by atoms with van der Waals surface area (Å²) in [5.41, 5.74) is 4.44. The predicted octanol–water partition coefficient (Wildman–Crippen LogP) is -0.279. The molecule has 0 aromatic heterocycles. The van der Waals surface area contributed by atoms with Crippen LogP contribution in [0.2, 0.25) is 0 Å². The van der Waals surface area contributed by atoms with Gasteiger partial charge < -0.3 is 11.1 Å². The van der Waals surface area contributed by atoms with Gasteiger partial charge in [0.15, 0.2) is 0 Å². The molecule has 0 aliphatic rings. The quantitative estimate of drug-likeness (QED) is 0.437. The second-order valence-corrected chi connectivity index (χ2v) is 6.30. The van der Waals surface area contributed by atoms with Crippen LogP contribution < -0.4 is 11.1 Å². The molecule has 0 spiro atoms. The van der Waals surface area contributed by atoms with Gasteiger partial charge in [0.2, 0.25) is 5.91 Å². The summed E-state index contributed by atoms with van der Waals surface area (Å²) in [6.07, 6.45) is 0. The zero-order valence-corrected chi connectivity index (χ0v) is 11.1. The molecule has 0 fully saturated rings. The number of nitrogen functional groups attached to an aromatic ring is 1. The van der Waals surface area contributed by atoms with Crippen molar-refractivity contribution in [3.63, 3.8) is 0 Å². The molecule has 0 radical (unpaired) electrons. The van der Waals surface area contributed by atoms with E-state index in [4.69, 9.17) is 14.8 Å². The second kappa shape index (κ2) is 4.77. The van der Waals surface area contributed by atoms with Crippen molar-refractivity contribution in [2.24, 2.45) is 0 Å². The van der Waals surface area contributed by atoms with Gasteiger partial charge in [0, 0.05) is 6.92 Å². The van der Waals surface area contributed by atoms with E-state index < -0.39 is 47.3 Å². The van der Waals surface area contributed by atoms with Crippen molar-refractivity contribution < 1.29 is 30.7 Å². The Morgan fingerprint density at radius 1 is 1.11 bits per heavy atom. The van der Waals surface area contributed by atoms with E-state index >= 15 is 0 Å². The normalized spacial score (nSPS) is 12.2. The van der Waals surface area contributed by atoms with Gasteiger partial charge in [0.05, 0.1) is 11.4 Å². The summed E-state index contributed by atoms with van der Waals surface area (Å²) in [7, 11) is -9.60. The van der Waals surface area contributed by atoms with E-state index in [2.05, 4.69) is 5.32 Å². The van der Waals surface area contributed by atoms with E-state index in [9.17, 15) is 21.6 Å². The molecule has 0 unspecified atom stereocenters. The van der Waals surface area contributed by atoms with Gasteiger partial charge in [-0.15, -0.1) is 0 Å². The van der Waals surface area contributed by atoms with Gasteiger partial charge in [-0.05, 0) is 12.1 Å². The number of anilines is 2. The zero-order valence-electron chi connectivity index (χ0n) is 9.48. The Hall–Kier alpha value is -1.69. The molecule has 5 N–H and O–H groups in total. The molecule has 0 saturated carbocycles. The van der Waals surface area contributed by atoms with Crippen molar-refractivity contribution in [3.05, 3.63) is 12.1 Å². The number of nitrogens with two attached hydrogens (primary N) is 1. The maximum Gasteiger partial charge on any atom is 0.296 e. The average Bonchev–Trinajstić information content (AvgIpc) is 2.11. The number of carbonyl (C=O) groups is 1. The maximum atomic E-state index is 11.1. The molecule has 9 nitrogen and oxygen atoms in total. The first-order valence-corrected chi connectivity index (χ1v) is 7.47. The maximum absolute atomic E-state index is 11.1. The number of hydrogen-bond donors (Lipinski definition) is 4. The van der Waals surface area contributed by atoms with Crippen LogP contribution in [0, 0.1) is 0 Å². The molecule has 1 amide bonds. The molecule has 11 heteroatoms. The molecule has 1 rings (SSSR count). The van der Waals surface area contributed by atoms with Crippen LogP contribution in [-0.4, -0.2) is 31.8 Å². The highest BCUT2D eigenvalue weighted by Crippen LogP contribution is 2.30.